The zero-order chi connectivity index (χ0) is 13.1. The third kappa shape index (κ3) is 3.27. The molecule has 0 saturated heterocycles. The number of hydrogen-bond acceptors (Lipinski definition) is 3. The Morgan fingerprint density at radius 3 is 2.59 bits per heavy atom. The molecule has 0 radical (unpaired) electrons. The van der Waals surface area contributed by atoms with Gasteiger partial charge in [-0.2, -0.15) is 0 Å². The van der Waals surface area contributed by atoms with Gasteiger partial charge in [-0.25, -0.2) is 0 Å². The summed E-state index contributed by atoms with van der Waals surface area (Å²) in [6.07, 6.45) is 2.98. The Morgan fingerprint density at radius 2 is 2.12 bits per heavy atom. The van der Waals surface area contributed by atoms with E-state index in [1.165, 1.54) is 4.90 Å². The summed E-state index contributed by atoms with van der Waals surface area (Å²) in [6, 6.07) is 3.48. The predicted octanol–water partition coefficient (Wildman–Crippen LogP) is 1.55. The molecule has 0 unspecified atom stereocenters. The summed E-state index contributed by atoms with van der Waals surface area (Å²) < 4.78 is 0. The topological polar surface area (TPSA) is 70.5 Å². The third-order valence-electron chi connectivity index (χ3n) is 2.51. The first-order chi connectivity index (χ1) is 7.84. The summed E-state index contributed by atoms with van der Waals surface area (Å²) in [6.45, 7) is 3.24. The standard InChI is InChI=1S/C12H16N2O3/c1-12(2,7-10(15)16)11(17)14(3)9-5-4-6-13-8-9/h4-6,8H,7H2,1-3H3,(H,15,16). The van der Waals surface area contributed by atoms with Gasteiger partial charge in [-0.15, -0.1) is 0 Å². The maximum absolute atomic E-state index is 12.1. The van der Waals surface area contributed by atoms with Crippen LogP contribution in [0.3, 0.4) is 0 Å². The van der Waals surface area contributed by atoms with Crippen molar-refractivity contribution < 1.29 is 14.7 Å². The molecule has 0 fully saturated rings. The number of aromatic nitrogens is 1. The quantitative estimate of drug-likeness (QED) is 0.860. The Balaban J connectivity index is 2.86. The molecule has 0 aliphatic carbocycles. The Morgan fingerprint density at radius 1 is 1.47 bits per heavy atom. The molecule has 1 rings (SSSR count). The number of carbonyl (C=O) groups is 2. The molecule has 1 aromatic heterocycles. The van der Waals surface area contributed by atoms with Crippen molar-refractivity contribution in [2.45, 2.75) is 20.3 Å². The molecule has 0 bridgehead atoms. The zero-order valence-corrected chi connectivity index (χ0v) is 10.2. The molecule has 1 aromatic rings. The van der Waals surface area contributed by atoms with Gasteiger partial charge in [0.15, 0.2) is 0 Å². The summed E-state index contributed by atoms with van der Waals surface area (Å²) in [5, 5.41) is 8.77. The van der Waals surface area contributed by atoms with E-state index in [1.807, 2.05) is 0 Å². The van der Waals surface area contributed by atoms with Crippen LogP contribution in [0.2, 0.25) is 0 Å². The van der Waals surface area contributed by atoms with Crippen molar-refractivity contribution in [3.8, 4) is 0 Å². The van der Waals surface area contributed by atoms with Gasteiger partial charge in [0, 0.05) is 13.2 Å². The Hall–Kier alpha value is -1.91. The number of hydrogen-bond donors (Lipinski definition) is 1. The van der Waals surface area contributed by atoms with Gasteiger partial charge in [0.2, 0.25) is 5.91 Å². The number of pyridine rings is 1. The van der Waals surface area contributed by atoms with E-state index in [9.17, 15) is 9.59 Å². The first kappa shape index (κ1) is 13.2. The summed E-state index contributed by atoms with van der Waals surface area (Å²) >= 11 is 0. The number of rotatable bonds is 4. The monoisotopic (exact) mass is 236 g/mol. The molecule has 92 valence electrons. The van der Waals surface area contributed by atoms with Crippen LogP contribution in [0.5, 0.6) is 0 Å². The third-order valence-corrected chi connectivity index (χ3v) is 2.51. The van der Waals surface area contributed by atoms with Gasteiger partial charge < -0.3 is 10.0 Å². The fourth-order valence-corrected chi connectivity index (χ4v) is 1.58. The second kappa shape index (κ2) is 4.95. The Bertz CT molecular complexity index is 415. The first-order valence-corrected chi connectivity index (χ1v) is 5.24. The summed E-state index contributed by atoms with van der Waals surface area (Å²) in [7, 11) is 1.61. The van der Waals surface area contributed by atoms with Crippen molar-refractivity contribution in [2.75, 3.05) is 11.9 Å². The molecule has 17 heavy (non-hydrogen) atoms. The minimum Gasteiger partial charge on any atom is -0.481 e. The molecule has 1 N–H and O–H groups in total. The molecule has 5 nitrogen and oxygen atoms in total. The molecular weight excluding hydrogens is 220 g/mol. The lowest BCUT2D eigenvalue weighted by atomic mass is 9.87. The van der Waals surface area contributed by atoms with Crippen LogP contribution >= 0.6 is 0 Å². The zero-order valence-electron chi connectivity index (χ0n) is 10.2. The number of carboxylic acid groups (broad SMARTS) is 1. The Labute approximate surface area is 100 Å². The average Bonchev–Trinajstić information content (AvgIpc) is 2.26. The van der Waals surface area contributed by atoms with Gasteiger partial charge >= 0.3 is 5.97 Å². The molecular formula is C12H16N2O3. The van der Waals surface area contributed by atoms with Crippen LogP contribution in [0.4, 0.5) is 5.69 Å². The fraction of sp³-hybridized carbons (Fsp3) is 0.417. The Kier molecular flexibility index (Phi) is 3.83. The minimum atomic E-state index is -0.983. The highest BCUT2D eigenvalue weighted by Gasteiger charge is 2.33. The fourth-order valence-electron chi connectivity index (χ4n) is 1.58. The van der Waals surface area contributed by atoms with Crippen molar-refractivity contribution in [1.29, 1.82) is 0 Å². The van der Waals surface area contributed by atoms with E-state index in [0.717, 1.165) is 0 Å². The SMILES string of the molecule is CN(C(=O)C(C)(C)CC(=O)O)c1cccnc1. The van der Waals surface area contributed by atoms with Gasteiger partial charge in [0.25, 0.3) is 0 Å². The summed E-state index contributed by atoms with van der Waals surface area (Å²) in [5.41, 5.74) is -0.285. The molecule has 0 saturated carbocycles. The van der Waals surface area contributed by atoms with Gasteiger partial charge in [0.1, 0.15) is 0 Å². The maximum atomic E-state index is 12.1. The molecule has 0 aliphatic heterocycles. The number of carboxylic acids is 1. The van der Waals surface area contributed by atoms with Crippen LogP contribution in [0, 0.1) is 5.41 Å². The maximum Gasteiger partial charge on any atom is 0.304 e. The second-order valence-electron chi connectivity index (χ2n) is 4.53. The number of carbonyl (C=O) groups excluding carboxylic acids is 1. The van der Waals surface area contributed by atoms with Crippen molar-refractivity contribution in [3.63, 3.8) is 0 Å². The molecule has 1 heterocycles. The van der Waals surface area contributed by atoms with Crippen molar-refractivity contribution >= 4 is 17.6 Å². The van der Waals surface area contributed by atoms with Crippen LogP contribution < -0.4 is 4.90 Å². The van der Waals surface area contributed by atoms with E-state index in [2.05, 4.69) is 4.98 Å². The largest absolute Gasteiger partial charge is 0.481 e. The number of anilines is 1. The number of nitrogens with zero attached hydrogens (tertiary/aromatic N) is 2. The van der Waals surface area contributed by atoms with Gasteiger partial charge in [-0.05, 0) is 12.1 Å². The van der Waals surface area contributed by atoms with Crippen LogP contribution in [0.15, 0.2) is 24.5 Å². The lowest BCUT2D eigenvalue weighted by molar-refractivity contribution is -0.143. The van der Waals surface area contributed by atoms with E-state index >= 15 is 0 Å². The highest BCUT2D eigenvalue weighted by Crippen LogP contribution is 2.25. The van der Waals surface area contributed by atoms with E-state index in [4.69, 9.17) is 5.11 Å². The van der Waals surface area contributed by atoms with Crippen molar-refractivity contribution in [2.24, 2.45) is 5.41 Å². The number of aliphatic carboxylic acids is 1. The summed E-state index contributed by atoms with van der Waals surface area (Å²) in [4.78, 5) is 28.2. The first-order valence-electron chi connectivity index (χ1n) is 5.24. The average molecular weight is 236 g/mol. The van der Waals surface area contributed by atoms with E-state index < -0.39 is 11.4 Å². The molecule has 0 aliphatic rings. The smallest absolute Gasteiger partial charge is 0.304 e. The minimum absolute atomic E-state index is 0.198. The van der Waals surface area contributed by atoms with E-state index in [0.29, 0.717) is 5.69 Å². The molecule has 0 atom stereocenters. The van der Waals surface area contributed by atoms with Crippen molar-refractivity contribution in [3.05, 3.63) is 24.5 Å². The lowest BCUT2D eigenvalue weighted by Crippen LogP contribution is -2.39. The van der Waals surface area contributed by atoms with Crippen LogP contribution in [-0.2, 0) is 9.59 Å². The van der Waals surface area contributed by atoms with Gasteiger partial charge in [-0.3, -0.25) is 14.6 Å². The summed E-state index contributed by atoms with van der Waals surface area (Å²) in [5.74, 6) is -1.23. The van der Waals surface area contributed by atoms with Gasteiger partial charge in [0.05, 0.1) is 23.7 Å². The second-order valence-corrected chi connectivity index (χ2v) is 4.53. The highest BCUT2D eigenvalue weighted by molar-refractivity contribution is 5.98. The van der Waals surface area contributed by atoms with Crippen molar-refractivity contribution in [1.82, 2.24) is 4.98 Å². The lowest BCUT2D eigenvalue weighted by Gasteiger charge is -2.27. The highest BCUT2D eigenvalue weighted by atomic mass is 16.4. The number of amides is 1. The molecule has 0 spiro atoms. The molecule has 0 aromatic carbocycles. The van der Waals surface area contributed by atoms with Crippen LogP contribution in [0.1, 0.15) is 20.3 Å². The van der Waals surface area contributed by atoms with Crippen LogP contribution in [-0.4, -0.2) is 29.0 Å². The normalized spacial score (nSPS) is 11.0. The van der Waals surface area contributed by atoms with E-state index in [1.54, 1.807) is 45.4 Å². The van der Waals surface area contributed by atoms with Gasteiger partial charge in [-0.1, -0.05) is 13.8 Å². The molecule has 5 heteroatoms. The van der Waals surface area contributed by atoms with Crippen LogP contribution in [0.25, 0.3) is 0 Å². The van der Waals surface area contributed by atoms with E-state index in [-0.39, 0.29) is 12.3 Å². The molecule has 1 amide bonds. The predicted molar refractivity (Wildman–Crippen MR) is 63.7 cm³/mol.